The highest BCUT2D eigenvalue weighted by Gasteiger charge is 2.33. The second-order valence-corrected chi connectivity index (χ2v) is 5.23. The Labute approximate surface area is 118 Å². The van der Waals surface area contributed by atoms with Gasteiger partial charge in [0.05, 0.1) is 7.11 Å². The topological polar surface area (TPSA) is 24.5 Å². The maximum absolute atomic E-state index is 5.33. The third-order valence-corrected chi connectivity index (χ3v) is 4.14. The standard InChI is InChI=1S/C17H16N2O/c1-19-16-10-12(20-2)8-7-11(16)9-14-13-5-3-4-6-15(13)18-17(14)19/h3-10,17-18H,1-2H3. The lowest BCUT2D eigenvalue weighted by molar-refractivity contribution is 0.414. The Morgan fingerprint density at radius 3 is 2.85 bits per heavy atom. The van der Waals surface area contributed by atoms with Crippen LogP contribution in [0.3, 0.4) is 0 Å². The van der Waals surface area contributed by atoms with Gasteiger partial charge in [0.15, 0.2) is 0 Å². The number of hydrogen-bond acceptors (Lipinski definition) is 3. The van der Waals surface area contributed by atoms with E-state index in [1.165, 1.54) is 28.1 Å². The maximum atomic E-state index is 5.33. The summed E-state index contributed by atoms with van der Waals surface area (Å²) in [5.74, 6) is 0.892. The molecule has 20 heavy (non-hydrogen) atoms. The van der Waals surface area contributed by atoms with E-state index in [2.05, 4.69) is 59.7 Å². The fraction of sp³-hybridized carbons (Fsp3) is 0.176. The van der Waals surface area contributed by atoms with E-state index in [1.807, 2.05) is 6.07 Å². The fourth-order valence-corrected chi connectivity index (χ4v) is 3.08. The van der Waals surface area contributed by atoms with Gasteiger partial charge in [0, 0.05) is 35.6 Å². The summed E-state index contributed by atoms with van der Waals surface area (Å²) in [5.41, 5.74) is 6.26. The van der Waals surface area contributed by atoms with Crippen molar-refractivity contribution in [1.82, 2.24) is 0 Å². The largest absolute Gasteiger partial charge is 0.497 e. The molecule has 2 aliphatic heterocycles. The Balaban J connectivity index is 1.89. The van der Waals surface area contributed by atoms with Crippen molar-refractivity contribution in [3.8, 4) is 5.75 Å². The lowest BCUT2D eigenvalue weighted by Crippen LogP contribution is -2.38. The van der Waals surface area contributed by atoms with Crippen LogP contribution < -0.4 is 15.0 Å². The number of nitrogens with zero attached hydrogens (tertiary/aromatic N) is 1. The first-order chi connectivity index (χ1) is 9.78. The second kappa shape index (κ2) is 4.04. The molecule has 0 spiro atoms. The van der Waals surface area contributed by atoms with Gasteiger partial charge < -0.3 is 15.0 Å². The SMILES string of the molecule is COc1ccc2c(c1)N(C)C1Nc3ccccc3C1=C2. The summed E-state index contributed by atoms with van der Waals surface area (Å²) < 4.78 is 5.33. The Kier molecular flexibility index (Phi) is 2.30. The van der Waals surface area contributed by atoms with Crippen LogP contribution in [0.4, 0.5) is 11.4 Å². The third kappa shape index (κ3) is 1.46. The molecule has 0 amide bonds. The fourth-order valence-electron chi connectivity index (χ4n) is 3.08. The van der Waals surface area contributed by atoms with Crippen LogP contribution in [-0.4, -0.2) is 20.3 Å². The van der Waals surface area contributed by atoms with Gasteiger partial charge in [-0.25, -0.2) is 0 Å². The smallest absolute Gasteiger partial charge is 0.126 e. The number of hydrogen-bond donors (Lipinski definition) is 1. The van der Waals surface area contributed by atoms with Crippen LogP contribution in [-0.2, 0) is 0 Å². The maximum Gasteiger partial charge on any atom is 0.126 e. The zero-order valence-electron chi connectivity index (χ0n) is 11.6. The van der Waals surface area contributed by atoms with Crippen molar-refractivity contribution in [2.24, 2.45) is 0 Å². The first kappa shape index (κ1) is 11.4. The van der Waals surface area contributed by atoms with Crippen molar-refractivity contribution < 1.29 is 4.74 Å². The number of fused-ring (bicyclic) bond motifs is 4. The van der Waals surface area contributed by atoms with Gasteiger partial charge in [0.1, 0.15) is 11.9 Å². The van der Waals surface area contributed by atoms with E-state index in [4.69, 9.17) is 4.74 Å². The molecular formula is C17H16N2O. The van der Waals surface area contributed by atoms with Crippen molar-refractivity contribution >= 4 is 23.0 Å². The van der Waals surface area contributed by atoms with Gasteiger partial charge in [0.2, 0.25) is 0 Å². The predicted molar refractivity (Wildman–Crippen MR) is 83.1 cm³/mol. The van der Waals surface area contributed by atoms with Crippen molar-refractivity contribution in [2.45, 2.75) is 6.17 Å². The highest BCUT2D eigenvalue weighted by atomic mass is 16.5. The molecule has 0 aromatic heterocycles. The van der Waals surface area contributed by atoms with E-state index in [1.54, 1.807) is 7.11 Å². The van der Waals surface area contributed by atoms with Gasteiger partial charge in [0.25, 0.3) is 0 Å². The van der Waals surface area contributed by atoms with Gasteiger partial charge in [-0.1, -0.05) is 18.2 Å². The van der Waals surface area contributed by atoms with E-state index in [-0.39, 0.29) is 6.17 Å². The highest BCUT2D eigenvalue weighted by molar-refractivity contribution is 6.00. The normalized spacial score (nSPS) is 18.6. The Morgan fingerprint density at radius 2 is 2.00 bits per heavy atom. The van der Waals surface area contributed by atoms with E-state index >= 15 is 0 Å². The van der Waals surface area contributed by atoms with Gasteiger partial charge in [-0.2, -0.15) is 0 Å². The molecule has 2 aromatic rings. The van der Waals surface area contributed by atoms with Gasteiger partial charge in [-0.3, -0.25) is 0 Å². The van der Waals surface area contributed by atoms with Crippen molar-refractivity contribution in [3.63, 3.8) is 0 Å². The van der Waals surface area contributed by atoms with Crippen LogP contribution in [0.1, 0.15) is 11.1 Å². The molecule has 2 aromatic carbocycles. The molecule has 4 rings (SSSR count). The number of anilines is 2. The molecule has 1 N–H and O–H groups in total. The molecule has 2 aliphatic rings. The highest BCUT2D eigenvalue weighted by Crippen LogP contribution is 2.44. The van der Waals surface area contributed by atoms with Crippen LogP contribution in [0.15, 0.2) is 42.5 Å². The molecule has 0 saturated carbocycles. The van der Waals surface area contributed by atoms with E-state index in [0.29, 0.717) is 0 Å². The number of nitrogens with one attached hydrogen (secondary N) is 1. The molecule has 1 unspecified atom stereocenters. The first-order valence-electron chi connectivity index (χ1n) is 6.76. The number of para-hydroxylation sites is 1. The molecule has 0 aliphatic carbocycles. The predicted octanol–water partition coefficient (Wildman–Crippen LogP) is 3.44. The van der Waals surface area contributed by atoms with E-state index in [9.17, 15) is 0 Å². The molecule has 1 atom stereocenters. The average Bonchev–Trinajstić information content (AvgIpc) is 2.86. The van der Waals surface area contributed by atoms with Gasteiger partial charge >= 0.3 is 0 Å². The van der Waals surface area contributed by atoms with Crippen LogP contribution in [0.2, 0.25) is 0 Å². The molecular weight excluding hydrogens is 248 g/mol. The number of ether oxygens (including phenoxy) is 1. The molecule has 100 valence electrons. The molecule has 0 fully saturated rings. The summed E-state index contributed by atoms with van der Waals surface area (Å²) in [7, 11) is 3.82. The molecule has 0 bridgehead atoms. The van der Waals surface area contributed by atoms with Crippen LogP contribution in [0.25, 0.3) is 11.6 Å². The molecule has 0 saturated heterocycles. The Hall–Kier alpha value is -2.42. The molecule has 3 nitrogen and oxygen atoms in total. The van der Waals surface area contributed by atoms with Crippen molar-refractivity contribution in [3.05, 3.63) is 53.6 Å². The Bertz CT molecular complexity index is 721. The van der Waals surface area contributed by atoms with Crippen LogP contribution in [0, 0.1) is 0 Å². The molecule has 2 heterocycles. The number of methoxy groups -OCH3 is 1. The number of likely N-dealkylation sites (N-methyl/N-ethyl adjacent to an activating group) is 1. The second-order valence-electron chi connectivity index (χ2n) is 5.23. The Morgan fingerprint density at radius 1 is 1.15 bits per heavy atom. The summed E-state index contributed by atoms with van der Waals surface area (Å²) in [5, 5.41) is 3.58. The van der Waals surface area contributed by atoms with Crippen LogP contribution >= 0.6 is 0 Å². The summed E-state index contributed by atoms with van der Waals surface area (Å²) in [6, 6.07) is 14.7. The lowest BCUT2D eigenvalue weighted by Gasteiger charge is -2.33. The first-order valence-corrected chi connectivity index (χ1v) is 6.76. The van der Waals surface area contributed by atoms with Gasteiger partial charge in [-0.15, -0.1) is 0 Å². The zero-order chi connectivity index (χ0) is 13.7. The minimum Gasteiger partial charge on any atom is -0.497 e. The minimum absolute atomic E-state index is 0.201. The summed E-state index contributed by atoms with van der Waals surface area (Å²) >= 11 is 0. The summed E-state index contributed by atoms with van der Waals surface area (Å²) in [6.45, 7) is 0. The third-order valence-electron chi connectivity index (χ3n) is 4.14. The van der Waals surface area contributed by atoms with E-state index in [0.717, 1.165) is 5.75 Å². The monoisotopic (exact) mass is 264 g/mol. The quantitative estimate of drug-likeness (QED) is 0.854. The number of benzene rings is 2. The van der Waals surface area contributed by atoms with E-state index < -0.39 is 0 Å². The van der Waals surface area contributed by atoms with Crippen molar-refractivity contribution in [1.29, 1.82) is 0 Å². The zero-order valence-corrected chi connectivity index (χ0v) is 11.6. The summed E-state index contributed by atoms with van der Waals surface area (Å²) in [6.07, 6.45) is 2.48. The molecule has 3 heteroatoms. The number of rotatable bonds is 1. The average molecular weight is 264 g/mol. The van der Waals surface area contributed by atoms with Gasteiger partial charge in [-0.05, 0) is 29.8 Å². The van der Waals surface area contributed by atoms with Crippen LogP contribution in [0.5, 0.6) is 5.75 Å². The van der Waals surface area contributed by atoms with Crippen molar-refractivity contribution in [2.75, 3.05) is 24.4 Å². The molecule has 0 radical (unpaired) electrons. The lowest BCUT2D eigenvalue weighted by atomic mass is 9.97. The summed E-state index contributed by atoms with van der Waals surface area (Å²) in [4.78, 5) is 2.27. The minimum atomic E-state index is 0.201.